The molecule has 0 saturated carbocycles. The Morgan fingerprint density at radius 3 is 1.90 bits per heavy atom. The van der Waals surface area contributed by atoms with Gasteiger partial charge in [-0.25, -0.2) is 0 Å². The standard InChI is InChI=1S/C18H27O3/c1-2-3-4-5-6-7-8-9-15-20-17-10-12-18(13-11-17)21-16-14-19/h10-13H,2-9,15-16H2,1H3. The van der Waals surface area contributed by atoms with E-state index in [0.29, 0.717) is 5.75 Å². The van der Waals surface area contributed by atoms with Gasteiger partial charge in [-0.05, 0) is 30.7 Å². The van der Waals surface area contributed by atoms with Crippen LogP contribution in [0.2, 0.25) is 0 Å². The summed E-state index contributed by atoms with van der Waals surface area (Å²) < 4.78 is 10.8. The van der Waals surface area contributed by atoms with Crippen molar-refractivity contribution in [3.05, 3.63) is 24.3 Å². The lowest BCUT2D eigenvalue weighted by Gasteiger charge is -2.07. The summed E-state index contributed by atoms with van der Waals surface area (Å²) in [5.41, 5.74) is 0. The first-order valence-electron chi connectivity index (χ1n) is 8.07. The van der Waals surface area contributed by atoms with Crippen molar-refractivity contribution in [1.29, 1.82) is 0 Å². The fraction of sp³-hybridized carbons (Fsp3) is 0.611. The van der Waals surface area contributed by atoms with Gasteiger partial charge in [0.1, 0.15) is 11.5 Å². The second-order valence-corrected chi connectivity index (χ2v) is 5.23. The normalized spacial score (nSPS) is 10.3. The van der Waals surface area contributed by atoms with E-state index in [1.165, 1.54) is 44.9 Å². The van der Waals surface area contributed by atoms with E-state index in [-0.39, 0.29) is 6.61 Å². The van der Waals surface area contributed by atoms with Gasteiger partial charge in [-0.1, -0.05) is 51.9 Å². The monoisotopic (exact) mass is 291 g/mol. The van der Waals surface area contributed by atoms with Gasteiger partial charge in [-0.3, -0.25) is 4.79 Å². The molecule has 0 bridgehead atoms. The largest absolute Gasteiger partial charge is 0.494 e. The molecular formula is C18H27O3. The molecule has 0 fully saturated rings. The molecule has 3 nitrogen and oxygen atoms in total. The number of benzene rings is 1. The molecule has 0 saturated heterocycles. The Morgan fingerprint density at radius 1 is 0.810 bits per heavy atom. The van der Waals surface area contributed by atoms with Crippen molar-refractivity contribution in [2.45, 2.75) is 58.3 Å². The van der Waals surface area contributed by atoms with Gasteiger partial charge in [0.25, 0.3) is 0 Å². The first-order valence-corrected chi connectivity index (χ1v) is 8.07. The minimum Gasteiger partial charge on any atom is -0.494 e. The lowest BCUT2D eigenvalue weighted by molar-refractivity contribution is 0.303. The second kappa shape index (κ2) is 12.2. The molecule has 21 heavy (non-hydrogen) atoms. The number of carbonyl (C=O) groups excluding carboxylic acids is 1. The molecule has 0 aromatic heterocycles. The number of unbranched alkanes of at least 4 members (excludes halogenated alkanes) is 7. The van der Waals surface area contributed by atoms with Gasteiger partial charge < -0.3 is 9.47 Å². The molecule has 1 radical (unpaired) electrons. The molecule has 1 rings (SSSR count). The third-order valence-electron chi connectivity index (χ3n) is 3.39. The van der Waals surface area contributed by atoms with Gasteiger partial charge in [0.2, 0.25) is 6.29 Å². The lowest BCUT2D eigenvalue weighted by atomic mass is 10.1. The minimum absolute atomic E-state index is 0.0293. The van der Waals surface area contributed by atoms with Crippen molar-refractivity contribution in [1.82, 2.24) is 0 Å². The SMILES string of the molecule is CCCCCCCCCCOc1ccc(OC[C]=O)cc1. The molecule has 3 heteroatoms. The Bertz CT molecular complexity index is 359. The smallest absolute Gasteiger partial charge is 0.239 e. The summed E-state index contributed by atoms with van der Waals surface area (Å²) >= 11 is 0. The Hall–Kier alpha value is -1.51. The first-order chi connectivity index (χ1) is 10.4. The van der Waals surface area contributed by atoms with Crippen LogP contribution in [0.25, 0.3) is 0 Å². The van der Waals surface area contributed by atoms with Gasteiger partial charge in [0, 0.05) is 0 Å². The van der Waals surface area contributed by atoms with Gasteiger partial charge in [-0.15, -0.1) is 0 Å². The summed E-state index contributed by atoms with van der Waals surface area (Å²) in [6.45, 7) is 2.98. The van der Waals surface area contributed by atoms with E-state index < -0.39 is 0 Å². The Balaban J connectivity index is 2.01. The van der Waals surface area contributed by atoms with E-state index in [1.807, 2.05) is 12.1 Å². The quantitative estimate of drug-likeness (QED) is 0.494. The number of ether oxygens (including phenoxy) is 2. The van der Waals surface area contributed by atoms with Crippen molar-refractivity contribution in [3.63, 3.8) is 0 Å². The number of hydrogen-bond donors (Lipinski definition) is 0. The van der Waals surface area contributed by atoms with E-state index in [0.717, 1.165) is 18.8 Å². The van der Waals surface area contributed by atoms with E-state index in [9.17, 15) is 4.79 Å². The molecule has 0 amide bonds. The van der Waals surface area contributed by atoms with Crippen LogP contribution < -0.4 is 9.47 Å². The van der Waals surface area contributed by atoms with Crippen molar-refractivity contribution in [2.24, 2.45) is 0 Å². The number of hydrogen-bond acceptors (Lipinski definition) is 3. The maximum atomic E-state index is 10.1. The van der Waals surface area contributed by atoms with Gasteiger partial charge in [-0.2, -0.15) is 0 Å². The van der Waals surface area contributed by atoms with Crippen LogP contribution in [0.5, 0.6) is 11.5 Å². The zero-order valence-corrected chi connectivity index (χ0v) is 13.1. The summed E-state index contributed by atoms with van der Waals surface area (Å²) in [7, 11) is 0. The molecule has 0 atom stereocenters. The first kappa shape index (κ1) is 17.5. The molecule has 0 unspecified atom stereocenters. The van der Waals surface area contributed by atoms with E-state index in [1.54, 1.807) is 18.4 Å². The highest BCUT2D eigenvalue weighted by atomic mass is 16.5. The van der Waals surface area contributed by atoms with Crippen LogP contribution in [0, 0.1) is 0 Å². The van der Waals surface area contributed by atoms with Crippen LogP contribution >= 0.6 is 0 Å². The van der Waals surface area contributed by atoms with E-state index in [4.69, 9.17) is 9.47 Å². The third kappa shape index (κ3) is 9.11. The third-order valence-corrected chi connectivity index (χ3v) is 3.39. The highest BCUT2D eigenvalue weighted by molar-refractivity contribution is 5.52. The van der Waals surface area contributed by atoms with Crippen LogP contribution in [-0.2, 0) is 4.79 Å². The van der Waals surface area contributed by atoms with Gasteiger partial charge in [0.15, 0.2) is 6.61 Å². The Labute approximate surface area is 128 Å². The topological polar surface area (TPSA) is 35.5 Å². The van der Waals surface area contributed by atoms with Crippen molar-refractivity contribution in [3.8, 4) is 11.5 Å². The van der Waals surface area contributed by atoms with Crippen LogP contribution in [0.1, 0.15) is 58.3 Å². The van der Waals surface area contributed by atoms with Crippen LogP contribution in [0.4, 0.5) is 0 Å². The molecule has 0 aliphatic rings. The second-order valence-electron chi connectivity index (χ2n) is 5.23. The summed E-state index contributed by atoms with van der Waals surface area (Å²) in [5.74, 6) is 1.51. The van der Waals surface area contributed by atoms with Crippen LogP contribution in [0.3, 0.4) is 0 Å². The maximum Gasteiger partial charge on any atom is 0.239 e. The Kier molecular flexibility index (Phi) is 10.2. The molecular weight excluding hydrogens is 264 g/mol. The highest BCUT2D eigenvalue weighted by Crippen LogP contribution is 2.18. The van der Waals surface area contributed by atoms with E-state index >= 15 is 0 Å². The molecule has 1 aromatic carbocycles. The highest BCUT2D eigenvalue weighted by Gasteiger charge is 1.97. The van der Waals surface area contributed by atoms with Crippen molar-refractivity contribution < 1.29 is 14.3 Å². The molecule has 0 aliphatic heterocycles. The fourth-order valence-electron chi connectivity index (χ4n) is 2.17. The summed E-state index contributed by atoms with van der Waals surface area (Å²) in [5, 5.41) is 0. The van der Waals surface area contributed by atoms with Crippen molar-refractivity contribution >= 4 is 6.29 Å². The van der Waals surface area contributed by atoms with Gasteiger partial charge in [0.05, 0.1) is 6.61 Å². The van der Waals surface area contributed by atoms with Gasteiger partial charge >= 0.3 is 0 Å². The van der Waals surface area contributed by atoms with Crippen LogP contribution in [-0.4, -0.2) is 19.5 Å². The fourth-order valence-corrected chi connectivity index (χ4v) is 2.17. The molecule has 0 N–H and O–H groups in total. The summed E-state index contributed by atoms with van der Waals surface area (Å²) in [4.78, 5) is 10.1. The summed E-state index contributed by atoms with van der Waals surface area (Å²) in [6.07, 6.45) is 12.1. The minimum atomic E-state index is -0.0293. The average Bonchev–Trinajstić information content (AvgIpc) is 2.52. The lowest BCUT2D eigenvalue weighted by Crippen LogP contribution is -1.99. The van der Waals surface area contributed by atoms with Crippen LogP contribution in [0.15, 0.2) is 24.3 Å². The van der Waals surface area contributed by atoms with Crippen molar-refractivity contribution in [2.75, 3.05) is 13.2 Å². The van der Waals surface area contributed by atoms with E-state index in [2.05, 4.69) is 6.92 Å². The zero-order chi connectivity index (χ0) is 15.2. The molecule has 117 valence electrons. The predicted octanol–water partition coefficient (Wildman–Crippen LogP) is 4.69. The molecule has 0 spiro atoms. The maximum absolute atomic E-state index is 10.1. The zero-order valence-electron chi connectivity index (χ0n) is 13.1. The molecule has 1 aromatic rings. The molecule has 0 aliphatic carbocycles. The molecule has 0 heterocycles. The number of rotatable bonds is 13. The Morgan fingerprint density at radius 2 is 1.33 bits per heavy atom. The summed E-state index contributed by atoms with van der Waals surface area (Å²) in [6, 6.07) is 7.34. The average molecular weight is 291 g/mol. The predicted molar refractivity (Wildman–Crippen MR) is 85.7 cm³/mol.